The molecule has 1 fully saturated rings. The second kappa shape index (κ2) is 6.57. The van der Waals surface area contributed by atoms with E-state index < -0.39 is 0 Å². The van der Waals surface area contributed by atoms with Crippen molar-refractivity contribution in [1.82, 2.24) is 4.98 Å². The minimum atomic E-state index is 0.354. The molecule has 0 saturated carbocycles. The first-order chi connectivity index (χ1) is 8.31. The van der Waals surface area contributed by atoms with E-state index in [1.54, 1.807) is 0 Å². The Kier molecular flexibility index (Phi) is 5.07. The summed E-state index contributed by atoms with van der Waals surface area (Å²) in [6.07, 6.45) is 4.27. The van der Waals surface area contributed by atoms with Crippen molar-refractivity contribution >= 4 is 33.3 Å². The number of anilines is 1. The van der Waals surface area contributed by atoms with Crippen LogP contribution in [0.4, 0.5) is 5.82 Å². The molecule has 3 nitrogen and oxygen atoms in total. The predicted molar refractivity (Wildman–Crippen MR) is 73.8 cm³/mol. The molecule has 0 amide bonds. The average molecular weight is 320 g/mol. The molecule has 2 rings (SSSR count). The highest BCUT2D eigenvalue weighted by Crippen LogP contribution is 2.26. The van der Waals surface area contributed by atoms with E-state index in [2.05, 4.69) is 25.8 Å². The van der Waals surface area contributed by atoms with Crippen LogP contribution in [0, 0.1) is 0 Å². The summed E-state index contributed by atoms with van der Waals surface area (Å²) in [7, 11) is 0. The summed E-state index contributed by atoms with van der Waals surface area (Å²) in [5.74, 6) is 1.61. The molecule has 0 N–H and O–H groups in total. The fraction of sp³-hybridized carbons (Fsp3) is 0.583. The molecule has 5 heteroatoms. The van der Waals surface area contributed by atoms with Gasteiger partial charge in [0.2, 0.25) is 0 Å². The van der Waals surface area contributed by atoms with Gasteiger partial charge in [0.05, 0.1) is 17.2 Å². The van der Waals surface area contributed by atoms with E-state index in [4.69, 9.17) is 16.3 Å². The van der Waals surface area contributed by atoms with Crippen molar-refractivity contribution in [2.24, 2.45) is 0 Å². The van der Waals surface area contributed by atoms with Gasteiger partial charge in [0.15, 0.2) is 0 Å². The number of halogens is 2. The lowest BCUT2D eigenvalue weighted by atomic mass is 10.1. The minimum Gasteiger partial charge on any atom is -0.377 e. The molecule has 0 bridgehead atoms. The molecule has 2 heterocycles. The molecule has 0 unspecified atom stereocenters. The van der Waals surface area contributed by atoms with Gasteiger partial charge in [-0.1, -0.05) is 0 Å². The van der Waals surface area contributed by atoms with Crippen molar-refractivity contribution in [2.75, 3.05) is 30.5 Å². The summed E-state index contributed by atoms with van der Waals surface area (Å²) in [6.45, 7) is 2.63. The lowest BCUT2D eigenvalue weighted by Crippen LogP contribution is -2.37. The summed E-state index contributed by atoms with van der Waals surface area (Å²) in [6, 6.07) is 3.96. The van der Waals surface area contributed by atoms with Crippen LogP contribution in [-0.2, 0) is 4.74 Å². The normalized spacial score (nSPS) is 17.4. The van der Waals surface area contributed by atoms with Gasteiger partial charge in [-0.25, -0.2) is 4.98 Å². The highest BCUT2D eigenvalue weighted by molar-refractivity contribution is 9.10. The average Bonchev–Trinajstić information content (AvgIpc) is 2.38. The molecule has 1 aliphatic heterocycles. The first kappa shape index (κ1) is 13.1. The monoisotopic (exact) mass is 318 g/mol. The number of piperidine rings is 1. The number of aromatic nitrogens is 1. The van der Waals surface area contributed by atoms with Gasteiger partial charge in [0.1, 0.15) is 5.82 Å². The molecule has 94 valence electrons. The van der Waals surface area contributed by atoms with Gasteiger partial charge in [-0.15, -0.1) is 11.6 Å². The number of hydrogen-bond acceptors (Lipinski definition) is 3. The van der Waals surface area contributed by atoms with E-state index in [1.165, 1.54) is 0 Å². The highest BCUT2D eigenvalue weighted by Gasteiger charge is 2.21. The summed E-state index contributed by atoms with van der Waals surface area (Å²) >= 11 is 9.15. The first-order valence-corrected chi connectivity index (χ1v) is 7.17. The van der Waals surface area contributed by atoms with E-state index in [0.29, 0.717) is 18.6 Å². The van der Waals surface area contributed by atoms with E-state index in [0.717, 1.165) is 36.2 Å². The number of nitrogens with zero attached hydrogens (tertiary/aromatic N) is 2. The highest BCUT2D eigenvalue weighted by atomic mass is 79.9. The van der Waals surface area contributed by atoms with E-state index >= 15 is 0 Å². The molecule has 17 heavy (non-hydrogen) atoms. The number of pyridine rings is 1. The van der Waals surface area contributed by atoms with Crippen molar-refractivity contribution in [2.45, 2.75) is 18.9 Å². The molecular formula is C12H16BrClN2O. The molecule has 1 saturated heterocycles. The zero-order valence-corrected chi connectivity index (χ0v) is 12.0. The lowest BCUT2D eigenvalue weighted by Gasteiger charge is -2.33. The Balaban J connectivity index is 1.89. The Morgan fingerprint density at radius 2 is 2.24 bits per heavy atom. The molecule has 0 atom stereocenters. The summed E-state index contributed by atoms with van der Waals surface area (Å²) in [4.78, 5) is 6.70. The molecule has 0 aliphatic carbocycles. The third-order valence-corrected chi connectivity index (χ3v) is 3.68. The second-order valence-electron chi connectivity index (χ2n) is 4.06. The second-order valence-corrected chi connectivity index (χ2v) is 5.29. The third kappa shape index (κ3) is 3.57. The van der Waals surface area contributed by atoms with Gasteiger partial charge in [0.25, 0.3) is 0 Å². The van der Waals surface area contributed by atoms with Gasteiger partial charge in [-0.3, -0.25) is 0 Å². The van der Waals surface area contributed by atoms with Crippen LogP contribution in [0.1, 0.15) is 12.8 Å². The molecule has 0 spiro atoms. The maximum atomic E-state index is 5.66. The third-order valence-electron chi connectivity index (χ3n) is 2.91. The predicted octanol–water partition coefficient (Wildman–Crippen LogP) is 3.07. The molecule has 1 aromatic rings. The van der Waals surface area contributed by atoms with E-state index in [-0.39, 0.29) is 0 Å². The number of alkyl halides is 1. The maximum Gasteiger partial charge on any atom is 0.142 e. The number of ether oxygens (including phenoxy) is 1. The number of rotatable bonds is 4. The Hall–Kier alpha value is -0.320. The maximum absolute atomic E-state index is 5.66. The first-order valence-electron chi connectivity index (χ1n) is 5.84. The largest absolute Gasteiger partial charge is 0.377 e. The van der Waals surface area contributed by atoms with Gasteiger partial charge in [-0.2, -0.15) is 0 Å². The van der Waals surface area contributed by atoms with Gasteiger partial charge >= 0.3 is 0 Å². The van der Waals surface area contributed by atoms with Crippen LogP contribution < -0.4 is 4.90 Å². The summed E-state index contributed by atoms with van der Waals surface area (Å²) < 4.78 is 6.71. The Morgan fingerprint density at radius 3 is 2.88 bits per heavy atom. The van der Waals surface area contributed by atoms with Crippen LogP contribution in [0.5, 0.6) is 0 Å². The van der Waals surface area contributed by atoms with Crippen molar-refractivity contribution in [1.29, 1.82) is 0 Å². The van der Waals surface area contributed by atoms with Crippen molar-refractivity contribution < 1.29 is 4.74 Å². The van der Waals surface area contributed by atoms with Crippen LogP contribution in [-0.4, -0.2) is 36.7 Å². The van der Waals surface area contributed by atoms with Crippen LogP contribution in [0.25, 0.3) is 0 Å². The van der Waals surface area contributed by atoms with Gasteiger partial charge in [-0.05, 0) is 40.9 Å². The van der Waals surface area contributed by atoms with E-state index in [1.807, 2.05) is 18.3 Å². The van der Waals surface area contributed by atoms with Crippen LogP contribution >= 0.6 is 27.5 Å². The molecule has 0 aromatic carbocycles. The van der Waals surface area contributed by atoms with E-state index in [9.17, 15) is 0 Å². The van der Waals surface area contributed by atoms with Gasteiger partial charge in [0, 0.05) is 25.2 Å². The minimum absolute atomic E-state index is 0.354. The molecular weight excluding hydrogens is 304 g/mol. The summed E-state index contributed by atoms with van der Waals surface area (Å²) in [5, 5.41) is 0. The Labute approximate surface area is 115 Å². The fourth-order valence-corrected chi connectivity index (χ4v) is 2.65. The van der Waals surface area contributed by atoms with Gasteiger partial charge < -0.3 is 9.64 Å². The smallest absolute Gasteiger partial charge is 0.142 e. The molecule has 0 radical (unpaired) electrons. The Bertz CT molecular complexity index is 356. The van der Waals surface area contributed by atoms with Crippen LogP contribution in [0.2, 0.25) is 0 Å². The summed E-state index contributed by atoms with van der Waals surface area (Å²) in [5.41, 5.74) is 0. The van der Waals surface area contributed by atoms with Crippen LogP contribution in [0.3, 0.4) is 0 Å². The van der Waals surface area contributed by atoms with Crippen molar-refractivity contribution in [3.8, 4) is 0 Å². The standard InChI is InChI=1S/C12H16BrClN2O/c13-11-2-1-6-15-12(11)16-7-3-10(4-8-16)17-9-5-14/h1-2,6,10H,3-5,7-9H2. The molecule has 1 aromatic heterocycles. The topological polar surface area (TPSA) is 25.4 Å². The molecule has 1 aliphatic rings. The van der Waals surface area contributed by atoms with Crippen LogP contribution in [0.15, 0.2) is 22.8 Å². The SMILES string of the molecule is ClCCOC1CCN(c2ncccc2Br)CC1. The number of hydrogen-bond donors (Lipinski definition) is 0. The Morgan fingerprint density at radius 1 is 1.47 bits per heavy atom. The zero-order chi connectivity index (χ0) is 12.1. The fourth-order valence-electron chi connectivity index (χ4n) is 2.06. The zero-order valence-electron chi connectivity index (χ0n) is 9.61. The quantitative estimate of drug-likeness (QED) is 0.798. The van der Waals surface area contributed by atoms with Crippen molar-refractivity contribution in [3.63, 3.8) is 0 Å². The van der Waals surface area contributed by atoms with Crippen molar-refractivity contribution in [3.05, 3.63) is 22.8 Å². The lowest BCUT2D eigenvalue weighted by molar-refractivity contribution is 0.0471.